The first-order valence-corrected chi connectivity index (χ1v) is 11.1. The zero-order valence-electron chi connectivity index (χ0n) is 16.6. The Morgan fingerprint density at radius 3 is 2.82 bits per heavy atom. The average molecular weight is 407 g/mol. The van der Waals surface area contributed by atoms with Crippen LogP contribution in [0.2, 0.25) is 5.02 Å². The van der Waals surface area contributed by atoms with Crippen LogP contribution >= 0.6 is 11.6 Å². The van der Waals surface area contributed by atoms with Crippen LogP contribution < -0.4 is 4.74 Å². The van der Waals surface area contributed by atoms with E-state index in [4.69, 9.17) is 21.1 Å². The lowest BCUT2D eigenvalue weighted by Crippen LogP contribution is -2.48. The van der Waals surface area contributed by atoms with Crippen LogP contribution in [0.5, 0.6) is 5.75 Å². The molecule has 0 unspecified atom stereocenters. The lowest BCUT2D eigenvalue weighted by molar-refractivity contribution is -0.133. The normalized spacial score (nSPS) is 28.6. The van der Waals surface area contributed by atoms with Gasteiger partial charge in [-0.25, -0.2) is 0 Å². The number of amides is 1. The van der Waals surface area contributed by atoms with Crippen molar-refractivity contribution in [2.24, 2.45) is 0 Å². The summed E-state index contributed by atoms with van der Waals surface area (Å²) >= 11 is 5.99. The Morgan fingerprint density at radius 1 is 1.18 bits per heavy atom. The molecule has 3 aliphatic rings. The maximum Gasteiger partial charge on any atom is 0.260 e. The molecule has 28 heavy (non-hydrogen) atoms. The van der Waals surface area contributed by atoms with Crippen molar-refractivity contribution in [1.29, 1.82) is 0 Å². The van der Waals surface area contributed by atoms with Gasteiger partial charge in [-0.05, 0) is 69.7 Å². The van der Waals surface area contributed by atoms with Crippen LogP contribution in [0.4, 0.5) is 0 Å². The Hall–Kier alpha value is -1.30. The number of hydrogen-bond acceptors (Lipinski definition) is 4. The second-order valence-corrected chi connectivity index (χ2v) is 8.83. The molecule has 1 aromatic carbocycles. The van der Waals surface area contributed by atoms with Gasteiger partial charge in [0.15, 0.2) is 6.61 Å². The van der Waals surface area contributed by atoms with Crippen LogP contribution in [0.1, 0.15) is 44.9 Å². The number of likely N-dealkylation sites (tertiary alicyclic amines) is 2. The van der Waals surface area contributed by atoms with E-state index in [2.05, 4.69) is 4.90 Å². The Bertz CT molecular complexity index is 680. The van der Waals surface area contributed by atoms with Crippen molar-refractivity contribution >= 4 is 17.5 Å². The van der Waals surface area contributed by atoms with Gasteiger partial charge in [-0.1, -0.05) is 17.7 Å². The van der Waals surface area contributed by atoms with Crippen LogP contribution in [-0.4, -0.2) is 66.7 Å². The molecule has 2 atom stereocenters. The molecule has 0 aliphatic carbocycles. The molecule has 0 radical (unpaired) electrons. The second-order valence-electron chi connectivity index (χ2n) is 8.39. The third-order valence-corrected chi connectivity index (χ3v) is 6.85. The van der Waals surface area contributed by atoms with E-state index in [1.807, 2.05) is 17.0 Å². The number of benzene rings is 1. The summed E-state index contributed by atoms with van der Waals surface area (Å²) in [5.41, 5.74) is 0.259. The highest BCUT2D eigenvalue weighted by Crippen LogP contribution is 2.39. The molecule has 3 heterocycles. The van der Waals surface area contributed by atoms with Crippen LogP contribution in [0, 0.1) is 0 Å². The SMILES string of the molecule is O=C(COc1cccc(Cl)c1)N1CCC[C@]2(CCCN2C[C@@H]2CCCO2)CC1. The summed E-state index contributed by atoms with van der Waals surface area (Å²) in [7, 11) is 0. The van der Waals surface area contributed by atoms with Gasteiger partial charge in [0.05, 0.1) is 6.10 Å². The van der Waals surface area contributed by atoms with Gasteiger partial charge in [-0.3, -0.25) is 9.69 Å². The molecular weight excluding hydrogens is 376 g/mol. The highest BCUT2D eigenvalue weighted by Gasteiger charge is 2.43. The predicted molar refractivity (Wildman–Crippen MR) is 110 cm³/mol. The molecule has 0 aromatic heterocycles. The molecule has 0 bridgehead atoms. The van der Waals surface area contributed by atoms with Crippen molar-refractivity contribution in [2.45, 2.75) is 56.6 Å². The molecule has 3 fully saturated rings. The third-order valence-electron chi connectivity index (χ3n) is 6.62. The number of hydrogen-bond donors (Lipinski definition) is 0. The molecule has 1 spiro atoms. The minimum atomic E-state index is 0.0701. The lowest BCUT2D eigenvalue weighted by Gasteiger charge is -2.39. The number of rotatable bonds is 5. The van der Waals surface area contributed by atoms with Gasteiger partial charge in [-0.2, -0.15) is 0 Å². The zero-order chi connectivity index (χ0) is 19.4. The van der Waals surface area contributed by atoms with Gasteiger partial charge in [0.1, 0.15) is 5.75 Å². The molecule has 3 aliphatic heterocycles. The molecule has 1 amide bonds. The predicted octanol–water partition coefficient (Wildman–Crippen LogP) is 3.74. The highest BCUT2D eigenvalue weighted by atomic mass is 35.5. The quantitative estimate of drug-likeness (QED) is 0.746. The summed E-state index contributed by atoms with van der Waals surface area (Å²) in [5, 5.41) is 0.620. The van der Waals surface area contributed by atoms with Gasteiger partial charge in [0.2, 0.25) is 0 Å². The number of nitrogens with zero attached hydrogens (tertiary/aromatic N) is 2. The minimum Gasteiger partial charge on any atom is -0.484 e. The van der Waals surface area contributed by atoms with Crippen molar-refractivity contribution in [3.63, 3.8) is 0 Å². The van der Waals surface area contributed by atoms with E-state index in [-0.39, 0.29) is 18.1 Å². The topological polar surface area (TPSA) is 42.0 Å². The van der Waals surface area contributed by atoms with E-state index in [1.54, 1.807) is 12.1 Å². The van der Waals surface area contributed by atoms with Crippen molar-refractivity contribution in [3.05, 3.63) is 29.3 Å². The van der Waals surface area contributed by atoms with Crippen molar-refractivity contribution < 1.29 is 14.3 Å². The largest absolute Gasteiger partial charge is 0.484 e. The molecule has 1 aromatic rings. The smallest absolute Gasteiger partial charge is 0.260 e. The Morgan fingerprint density at radius 2 is 2.04 bits per heavy atom. The standard InChI is InChI=1S/C22H31ClN2O3/c23-18-5-1-6-19(15-18)28-17-21(26)24-11-3-8-22(10-13-24)9-4-12-25(22)16-20-7-2-14-27-20/h1,5-6,15,20H,2-4,7-14,16-17H2/t20-,22-/m0/s1. The number of halogens is 1. The van der Waals surface area contributed by atoms with Gasteiger partial charge >= 0.3 is 0 Å². The van der Waals surface area contributed by atoms with Crippen molar-refractivity contribution in [2.75, 3.05) is 39.4 Å². The Kier molecular flexibility index (Phi) is 6.44. The molecular formula is C22H31ClN2O3. The highest BCUT2D eigenvalue weighted by molar-refractivity contribution is 6.30. The van der Waals surface area contributed by atoms with Crippen molar-refractivity contribution in [3.8, 4) is 5.75 Å². The molecule has 6 heteroatoms. The Labute approximate surface area is 172 Å². The third kappa shape index (κ3) is 4.64. The monoisotopic (exact) mass is 406 g/mol. The first-order chi connectivity index (χ1) is 13.6. The van der Waals surface area contributed by atoms with E-state index in [1.165, 1.54) is 38.6 Å². The van der Waals surface area contributed by atoms with Crippen LogP contribution in [-0.2, 0) is 9.53 Å². The van der Waals surface area contributed by atoms with E-state index < -0.39 is 0 Å². The molecule has 3 saturated heterocycles. The van der Waals surface area contributed by atoms with Gasteiger partial charge in [0.25, 0.3) is 5.91 Å². The van der Waals surface area contributed by atoms with Gasteiger partial charge in [0, 0.05) is 36.8 Å². The summed E-state index contributed by atoms with van der Waals surface area (Å²) in [6, 6.07) is 7.21. The molecule has 0 saturated carbocycles. The maximum atomic E-state index is 12.7. The first kappa shape index (κ1) is 20.0. The molecule has 4 rings (SSSR count). The summed E-state index contributed by atoms with van der Waals surface area (Å²) in [5.74, 6) is 0.714. The molecule has 154 valence electrons. The number of ether oxygens (including phenoxy) is 2. The van der Waals surface area contributed by atoms with Gasteiger partial charge < -0.3 is 14.4 Å². The summed E-state index contributed by atoms with van der Waals surface area (Å²) in [4.78, 5) is 17.4. The second kappa shape index (κ2) is 9.02. The van der Waals surface area contributed by atoms with E-state index in [0.717, 1.165) is 39.1 Å². The fraction of sp³-hybridized carbons (Fsp3) is 0.682. The maximum absolute atomic E-state index is 12.7. The fourth-order valence-electron chi connectivity index (χ4n) is 5.10. The van der Waals surface area contributed by atoms with Crippen LogP contribution in [0.3, 0.4) is 0 Å². The van der Waals surface area contributed by atoms with Crippen LogP contribution in [0.15, 0.2) is 24.3 Å². The number of carbonyl (C=O) groups excluding carboxylic acids is 1. The average Bonchev–Trinajstić information content (AvgIpc) is 3.28. The zero-order valence-corrected chi connectivity index (χ0v) is 17.3. The van der Waals surface area contributed by atoms with E-state index >= 15 is 0 Å². The minimum absolute atomic E-state index is 0.0701. The lowest BCUT2D eigenvalue weighted by atomic mass is 9.87. The summed E-state index contributed by atoms with van der Waals surface area (Å²) in [6.45, 7) is 4.87. The summed E-state index contributed by atoms with van der Waals surface area (Å²) in [6.07, 6.45) is 8.60. The van der Waals surface area contributed by atoms with Gasteiger partial charge in [-0.15, -0.1) is 0 Å². The molecule has 0 N–H and O–H groups in total. The summed E-state index contributed by atoms with van der Waals surface area (Å²) < 4.78 is 11.6. The fourth-order valence-corrected chi connectivity index (χ4v) is 5.28. The Balaban J connectivity index is 1.31. The van der Waals surface area contributed by atoms with Crippen molar-refractivity contribution in [1.82, 2.24) is 9.80 Å². The molecule has 5 nitrogen and oxygen atoms in total. The van der Waals surface area contributed by atoms with E-state index in [9.17, 15) is 4.79 Å². The van der Waals surface area contributed by atoms with Crippen LogP contribution in [0.25, 0.3) is 0 Å². The number of carbonyl (C=O) groups is 1. The first-order valence-electron chi connectivity index (χ1n) is 10.7. The van der Waals surface area contributed by atoms with E-state index in [0.29, 0.717) is 16.9 Å².